The van der Waals surface area contributed by atoms with E-state index in [-0.39, 0.29) is 5.12 Å². The molecule has 0 aliphatic heterocycles. The minimum atomic E-state index is -0.0752. The number of rotatable bonds is 2. The Balaban J connectivity index is 1.98. The molecule has 4 heteroatoms. The van der Waals surface area contributed by atoms with Crippen molar-refractivity contribution in [3.63, 3.8) is 0 Å². The molecule has 20 heavy (non-hydrogen) atoms. The molecule has 0 saturated heterocycles. The number of carbonyl (C=O) groups is 1. The standard InChI is InChI=1S/C16H10ClNOS/c17-13-8-2-1-7-12(13)16(19)20-14-9-3-5-11-6-4-10-18-15(11)14/h1-10H. The highest BCUT2D eigenvalue weighted by atomic mass is 35.5. The summed E-state index contributed by atoms with van der Waals surface area (Å²) in [6.45, 7) is 0. The predicted octanol–water partition coefficient (Wildman–Crippen LogP) is 4.82. The number of halogens is 1. The molecule has 0 aliphatic rings. The molecule has 0 unspecified atom stereocenters. The van der Waals surface area contributed by atoms with Gasteiger partial charge in [-0.3, -0.25) is 9.78 Å². The molecule has 2 nitrogen and oxygen atoms in total. The first-order valence-corrected chi connectivity index (χ1v) is 7.25. The summed E-state index contributed by atoms with van der Waals surface area (Å²) in [6, 6.07) is 16.7. The molecular weight excluding hydrogens is 290 g/mol. The average Bonchev–Trinajstić information content (AvgIpc) is 2.48. The molecule has 98 valence electrons. The molecule has 0 radical (unpaired) electrons. The number of benzene rings is 2. The van der Waals surface area contributed by atoms with Gasteiger partial charge in [0.25, 0.3) is 0 Å². The fourth-order valence-electron chi connectivity index (χ4n) is 1.94. The maximum Gasteiger partial charge on any atom is 0.225 e. The van der Waals surface area contributed by atoms with Crippen molar-refractivity contribution in [3.05, 3.63) is 71.4 Å². The van der Waals surface area contributed by atoms with Gasteiger partial charge in [-0.05, 0) is 36.0 Å². The SMILES string of the molecule is O=C(Sc1cccc2cccnc12)c1ccccc1Cl. The van der Waals surface area contributed by atoms with Crippen molar-refractivity contribution in [2.75, 3.05) is 0 Å². The number of pyridine rings is 1. The first-order valence-electron chi connectivity index (χ1n) is 6.06. The van der Waals surface area contributed by atoms with E-state index in [2.05, 4.69) is 4.98 Å². The smallest absolute Gasteiger partial charge is 0.225 e. The number of fused-ring (bicyclic) bond motifs is 1. The molecule has 1 heterocycles. The summed E-state index contributed by atoms with van der Waals surface area (Å²) in [5.74, 6) is 0. The summed E-state index contributed by atoms with van der Waals surface area (Å²) < 4.78 is 0. The Bertz CT molecular complexity index is 783. The van der Waals surface area contributed by atoms with Crippen LogP contribution in [-0.2, 0) is 0 Å². The van der Waals surface area contributed by atoms with Crippen molar-refractivity contribution in [1.82, 2.24) is 4.98 Å². The van der Waals surface area contributed by atoms with Crippen molar-refractivity contribution >= 4 is 39.4 Å². The van der Waals surface area contributed by atoms with Gasteiger partial charge < -0.3 is 0 Å². The highest BCUT2D eigenvalue weighted by molar-refractivity contribution is 8.14. The summed E-state index contributed by atoms with van der Waals surface area (Å²) in [5.41, 5.74) is 1.35. The fourth-order valence-corrected chi connectivity index (χ4v) is 3.12. The number of hydrogen-bond donors (Lipinski definition) is 0. The van der Waals surface area contributed by atoms with E-state index < -0.39 is 0 Å². The Morgan fingerprint density at radius 1 is 1.00 bits per heavy atom. The van der Waals surface area contributed by atoms with E-state index >= 15 is 0 Å². The van der Waals surface area contributed by atoms with Gasteiger partial charge in [-0.25, -0.2) is 0 Å². The molecule has 0 amide bonds. The van der Waals surface area contributed by atoms with Crippen molar-refractivity contribution in [2.24, 2.45) is 0 Å². The van der Waals surface area contributed by atoms with Crippen LogP contribution in [-0.4, -0.2) is 10.1 Å². The van der Waals surface area contributed by atoms with Crippen molar-refractivity contribution < 1.29 is 4.79 Å². The first kappa shape index (κ1) is 13.2. The summed E-state index contributed by atoms with van der Waals surface area (Å²) >= 11 is 7.21. The van der Waals surface area contributed by atoms with Crippen molar-refractivity contribution in [2.45, 2.75) is 4.90 Å². The lowest BCUT2D eigenvalue weighted by atomic mass is 10.2. The lowest BCUT2D eigenvalue weighted by Crippen LogP contribution is -1.94. The van der Waals surface area contributed by atoms with Crippen LogP contribution in [0.2, 0.25) is 5.02 Å². The second-order valence-corrected chi connectivity index (χ2v) is 5.62. The van der Waals surface area contributed by atoms with E-state index in [4.69, 9.17) is 11.6 Å². The highest BCUT2D eigenvalue weighted by Crippen LogP contribution is 2.30. The van der Waals surface area contributed by atoms with Crippen LogP contribution in [0, 0.1) is 0 Å². The van der Waals surface area contributed by atoms with Gasteiger partial charge in [-0.1, -0.05) is 41.9 Å². The topological polar surface area (TPSA) is 30.0 Å². The van der Waals surface area contributed by atoms with Crippen LogP contribution in [0.15, 0.2) is 65.7 Å². The number of carbonyl (C=O) groups excluding carboxylic acids is 1. The van der Waals surface area contributed by atoms with Gasteiger partial charge in [0.15, 0.2) is 0 Å². The van der Waals surface area contributed by atoms with Gasteiger partial charge in [0, 0.05) is 22.0 Å². The highest BCUT2D eigenvalue weighted by Gasteiger charge is 2.13. The fraction of sp³-hybridized carbons (Fsp3) is 0. The average molecular weight is 300 g/mol. The molecule has 0 bridgehead atoms. The van der Waals surface area contributed by atoms with Crippen LogP contribution in [0.5, 0.6) is 0 Å². The Hall–Kier alpha value is -1.84. The molecule has 0 spiro atoms. The molecule has 3 aromatic rings. The summed E-state index contributed by atoms with van der Waals surface area (Å²) in [6.07, 6.45) is 1.73. The van der Waals surface area contributed by atoms with Crippen molar-refractivity contribution in [3.8, 4) is 0 Å². The largest absolute Gasteiger partial charge is 0.281 e. The second kappa shape index (κ2) is 5.65. The zero-order valence-electron chi connectivity index (χ0n) is 10.4. The molecule has 2 aromatic carbocycles. The normalized spacial score (nSPS) is 10.7. The van der Waals surface area contributed by atoms with Crippen LogP contribution in [0.4, 0.5) is 0 Å². The quantitative estimate of drug-likeness (QED) is 0.635. The van der Waals surface area contributed by atoms with Crippen LogP contribution >= 0.6 is 23.4 Å². The van der Waals surface area contributed by atoms with E-state index in [9.17, 15) is 4.79 Å². The monoisotopic (exact) mass is 299 g/mol. The maximum atomic E-state index is 12.3. The third-order valence-corrected chi connectivity index (χ3v) is 4.18. The summed E-state index contributed by atoms with van der Waals surface area (Å²) in [7, 11) is 0. The lowest BCUT2D eigenvalue weighted by molar-refractivity contribution is 0.108. The number of hydrogen-bond acceptors (Lipinski definition) is 3. The Morgan fingerprint density at radius 3 is 2.65 bits per heavy atom. The molecular formula is C16H10ClNOS. The zero-order chi connectivity index (χ0) is 13.9. The molecule has 0 saturated carbocycles. The van der Waals surface area contributed by atoms with E-state index in [0.717, 1.165) is 27.6 Å². The van der Waals surface area contributed by atoms with E-state index in [0.29, 0.717) is 10.6 Å². The zero-order valence-corrected chi connectivity index (χ0v) is 12.0. The molecule has 0 atom stereocenters. The Kier molecular flexibility index (Phi) is 3.72. The third-order valence-electron chi connectivity index (χ3n) is 2.89. The number of aromatic nitrogens is 1. The predicted molar refractivity (Wildman–Crippen MR) is 83.4 cm³/mol. The Labute approximate surface area is 125 Å². The van der Waals surface area contributed by atoms with Gasteiger partial charge in [0.2, 0.25) is 5.12 Å². The van der Waals surface area contributed by atoms with Crippen LogP contribution in [0.1, 0.15) is 10.4 Å². The van der Waals surface area contributed by atoms with E-state index in [1.54, 1.807) is 24.4 Å². The minimum Gasteiger partial charge on any atom is -0.281 e. The van der Waals surface area contributed by atoms with E-state index in [1.165, 1.54) is 0 Å². The maximum absolute atomic E-state index is 12.3. The molecule has 1 aromatic heterocycles. The summed E-state index contributed by atoms with van der Waals surface area (Å²) in [4.78, 5) is 17.5. The molecule has 0 N–H and O–H groups in total. The Morgan fingerprint density at radius 2 is 1.80 bits per heavy atom. The van der Waals surface area contributed by atoms with Gasteiger partial charge in [0.05, 0.1) is 10.5 Å². The van der Waals surface area contributed by atoms with Gasteiger partial charge >= 0.3 is 0 Å². The van der Waals surface area contributed by atoms with Crippen LogP contribution in [0.25, 0.3) is 10.9 Å². The van der Waals surface area contributed by atoms with Crippen molar-refractivity contribution in [1.29, 1.82) is 0 Å². The second-order valence-electron chi connectivity index (χ2n) is 4.20. The molecule has 0 fully saturated rings. The van der Waals surface area contributed by atoms with Crippen LogP contribution in [0.3, 0.4) is 0 Å². The van der Waals surface area contributed by atoms with Crippen LogP contribution < -0.4 is 0 Å². The number of nitrogens with zero attached hydrogens (tertiary/aromatic N) is 1. The van der Waals surface area contributed by atoms with Gasteiger partial charge in [0.1, 0.15) is 0 Å². The first-order chi connectivity index (χ1) is 9.75. The van der Waals surface area contributed by atoms with Gasteiger partial charge in [-0.15, -0.1) is 0 Å². The van der Waals surface area contributed by atoms with E-state index in [1.807, 2.05) is 36.4 Å². The molecule has 3 rings (SSSR count). The lowest BCUT2D eigenvalue weighted by Gasteiger charge is -2.05. The number of thioether (sulfide) groups is 1. The molecule has 0 aliphatic carbocycles. The minimum absolute atomic E-state index is 0.0752. The summed E-state index contributed by atoms with van der Waals surface area (Å²) in [5, 5.41) is 1.41. The van der Waals surface area contributed by atoms with Gasteiger partial charge in [-0.2, -0.15) is 0 Å². The third kappa shape index (κ3) is 2.55. The number of para-hydroxylation sites is 1.